The Morgan fingerprint density at radius 1 is 1.07 bits per heavy atom. The van der Waals surface area contributed by atoms with Crippen molar-refractivity contribution in [2.45, 2.75) is 19.0 Å². The van der Waals surface area contributed by atoms with E-state index in [1.807, 2.05) is 74.5 Å². The molecule has 0 bridgehead atoms. The van der Waals surface area contributed by atoms with Crippen LogP contribution >= 0.6 is 23.4 Å². The van der Waals surface area contributed by atoms with Crippen LogP contribution in [0.4, 0.5) is 5.69 Å². The van der Waals surface area contributed by atoms with Crippen LogP contribution in [-0.2, 0) is 4.79 Å². The number of aromatic nitrogens is 2. The molecule has 1 heterocycles. The van der Waals surface area contributed by atoms with Crippen LogP contribution in [0.5, 0.6) is 0 Å². The summed E-state index contributed by atoms with van der Waals surface area (Å²) in [5.41, 5.74) is 3.56. The lowest BCUT2D eigenvalue weighted by molar-refractivity contribution is -0.116. The second kappa shape index (κ2) is 9.02. The van der Waals surface area contributed by atoms with Gasteiger partial charge >= 0.3 is 0 Å². The van der Waals surface area contributed by atoms with Crippen molar-refractivity contribution in [3.63, 3.8) is 0 Å². The first kappa shape index (κ1) is 19.4. The fourth-order valence-corrected chi connectivity index (χ4v) is 3.60. The summed E-state index contributed by atoms with van der Waals surface area (Å²) in [6.45, 7) is 4.51. The number of halogens is 1. The van der Waals surface area contributed by atoms with Gasteiger partial charge < -0.3 is 4.90 Å². The van der Waals surface area contributed by atoms with E-state index < -0.39 is 0 Å². The lowest BCUT2D eigenvalue weighted by Crippen LogP contribution is -2.32. The summed E-state index contributed by atoms with van der Waals surface area (Å²) in [6, 6.07) is 19.1. The summed E-state index contributed by atoms with van der Waals surface area (Å²) >= 11 is 7.31. The van der Waals surface area contributed by atoms with Gasteiger partial charge in [0.15, 0.2) is 5.16 Å². The second-order valence-corrected chi connectivity index (χ2v) is 7.33. The van der Waals surface area contributed by atoms with Crippen molar-refractivity contribution in [2.75, 3.05) is 17.2 Å². The Hall–Kier alpha value is -2.37. The fourth-order valence-electron chi connectivity index (χ4n) is 2.69. The predicted molar refractivity (Wildman–Crippen MR) is 112 cm³/mol. The molecule has 0 fully saturated rings. The van der Waals surface area contributed by atoms with Crippen LogP contribution in [0.3, 0.4) is 0 Å². The number of thioether (sulfide) groups is 1. The van der Waals surface area contributed by atoms with Crippen molar-refractivity contribution in [3.8, 4) is 11.3 Å². The molecule has 0 saturated heterocycles. The zero-order valence-electron chi connectivity index (χ0n) is 15.2. The van der Waals surface area contributed by atoms with E-state index in [9.17, 15) is 4.79 Å². The number of anilines is 1. The van der Waals surface area contributed by atoms with Crippen molar-refractivity contribution >= 4 is 35.0 Å². The highest BCUT2D eigenvalue weighted by atomic mass is 35.5. The van der Waals surface area contributed by atoms with Gasteiger partial charge in [-0.3, -0.25) is 4.79 Å². The average Bonchev–Trinajstić information content (AvgIpc) is 2.68. The third-order valence-corrected chi connectivity index (χ3v) is 5.07. The van der Waals surface area contributed by atoms with Gasteiger partial charge in [0.1, 0.15) is 0 Å². The molecule has 0 saturated carbocycles. The smallest absolute Gasteiger partial charge is 0.237 e. The summed E-state index contributed by atoms with van der Waals surface area (Å²) in [6.07, 6.45) is 0. The maximum Gasteiger partial charge on any atom is 0.237 e. The predicted octanol–water partition coefficient (Wildman–Crippen LogP) is 5.25. The van der Waals surface area contributed by atoms with Crippen LogP contribution < -0.4 is 4.90 Å². The lowest BCUT2D eigenvalue weighted by Gasteiger charge is -2.20. The largest absolute Gasteiger partial charge is 0.312 e. The molecule has 6 heteroatoms. The highest BCUT2D eigenvalue weighted by molar-refractivity contribution is 7.99. The minimum atomic E-state index is 0.0341. The number of para-hydroxylation sites is 1. The van der Waals surface area contributed by atoms with E-state index in [1.165, 1.54) is 11.8 Å². The normalized spacial score (nSPS) is 10.6. The summed E-state index contributed by atoms with van der Waals surface area (Å²) in [5, 5.41) is 1.28. The molecule has 0 radical (unpaired) electrons. The highest BCUT2D eigenvalue weighted by Crippen LogP contribution is 2.24. The molecule has 0 aliphatic carbocycles. The van der Waals surface area contributed by atoms with Crippen molar-refractivity contribution < 1.29 is 4.79 Å². The average molecular weight is 398 g/mol. The van der Waals surface area contributed by atoms with Crippen molar-refractivity contribution in [2.24, 2.45) is 0 Å². The first-order valence-corrected chi connectivity index (χ1v) is 10.0. The second-order valence-electron chi connectivity index (χ2n) is 5.95. The van der Waals surface area contributed by atoms with Crippen molar-refractivity contribution in [3.05, 3.63) is 71.4 Å². The molecule has 0 atom stereocenters. The molecule has 2 aromatic carbocycles. The van der Waals surface area contributed by atoms with Gasteiger partial charge in [-0.2, -0.15) is 0 Å². The molecule has 1 aromatic heterocycles. The van der Waals surface area contributed by atoms with Gasteiger partial charge in [0.05, 0.1) is 11.4 Å². The van der Waals surface area contributed by atoms with E-state index in [-0.39, 0.29) is 11.7 Å². The van der Waals surface area contributed by atoms with Crippen LogP contribution in [0.15, 0.2) is 65.8 Å². The summed E-state index contributed by atoms with van der Waals surface area (Å²) < 4.78 is 0. The molecule has 3 rings (SSSR count). The molecule has 0 N–H and O–H groups in total. The standard InChI is InChI=1S/C21H20ClN3OS/c1-3-25(18-7-5-4-6-8-18)20(26)14-27-21-23-15(2)13-19(24-21)16-9-11-17(22)12-10-16/h4-13H,3,14H2,1-2H3. The van der Waals surface area contributed by atoms with Crippen molar-refractivity contribution in [1.29, 1.82) is 0 Å². The highest BCUT2D eigenvalue weighted by Gasteiger charge is 2.15. The fraction of sp³-hybridized carbons (Fsp3) is 0.190. The van der Waals surface area contributed by atoms with Crippen LogP contribution in [-0.4, -0.2) is 28.2 Å². The summed E-state index contributed by atoms with van der Waals surface area (Å²) in [4.78, 5) is 23.5. The summed E-state index contributed by atoms with van der Waals surface area (Å²) in [5.74, 6) is 0.318. The Morgan fingerprint density at radius 2 is 1.78 bits per heavy atom. The maximum absolute atomic E-state index is 12.7. The van der Waals surface area contributed by atoms with Gasteiger partial charge in [0, 0.05) is 28.5 Å². The molecule has 138 valence electrons. The Balaban J connectivity index is 1.74. The first-order valence-electron chi connectivity index (χ1n) is 8.66. The Labute approximate surface area is 168 Å². The molecule has 0 aliphatic rings. The van der Waals surface area contributed by atoms with E-state index >= 15 is 0 Å². The first-order chi connectivity index (χ1) is 13.1. The minimum Gasteiger partial charge on any atom is -0.312 e. The van der Waals surface area contributed by atoms with E-state index in [0.717, 1.165) is 22.6 Å². The third kappa shape index (κ3) is 5.08. The Bertz CT molecular complexity index is 916. The molecule has 0 aliphatic heterocycles. The van der Waals surface area contributed by atoms with E-state index in [1.54, 1.807) is 4.90 Å². The molecular weight excluding hydrogens is 378 g/mol. The minimum absolute atomic E-state index is 0.0341. The quantitative estimate of drug-likeness (QED) is 0.421. The van der Waals surface area contributed by atoms with Gasteiger partial charge in [-0.15, -0.1) is 0 Å². The van der Waals surface area contributed by atoms with Crippen LogP contribution in [0.25, 0.3) is 11.3 Å². The molecule has 1 amide bonds. The molecular formula is C21H20ClN3OS. The number of carbonyl (C=O) groups is 1. The number of hydrogen-bond donors (Lipinski definition) is 0. The van der Waals surface area contributed by atoms with Crippen molar-refractivity contribution in [1.82, 2.24) is 9.97 Å². The number of amides is 1. The van der Waals surface area contributed by atoms with Gasteiger partial charge in [0.25, 0.3) is 0 Å². The number of nitrogens with zero attached hydrogens (tertiary/aromatic N) is 3. The Morgan fingerprint density at radius 3 is 2.44 bits per heavy atom. The number of hydrogen-bond acceptors (Lipinski definition) is 4. The van der Waals surface area contributed by atoms with Gasteiger partial charge in [0.2, 0.25) is 5.91 Å². The van der Waals surface area contributed by atoms with E-state index in [0.29, 0.717) is 16.7 Å². The number of carbonyl (C=O) groups excluding carboxylic acids is 1. The number of benzene rings is 2. The van der Waals surface area contributed by atoms with E-state index in [2.05, 4.69) is 9.97 Å². The summed E-state index contributed by atoms with van der Waals surface area (Å²) in [7, 11) is 0. The molecule has 27 heavy (non-hydrogen) atoms. The SMILES string of the molecule is CCN(C(=O)CSc1nc(C)cc(-c2ccc(Cl)cc2)n1)c1ccccc1. The van der Waals surface area contributed by atoms with Gasteiger partial charge in [-0.05, 0) is 44.2 Å². The molecule has 4 nitrogen and oxygen atoms in total. The molecule has 0 unspecified atom stereocenters. The zero-order valence-corrected chi connectivity index (χ0v) is 16.8. The lowest BCUT2D eigenvalue weighted by atomic mass is 10.1. The number of rotatable bonds is 6. The molecule has 3 aromatic rings. The van der Waals surface area contributed by atoms with Crippen LogP contribution in [0.2, 0.25) is 5.02 Å². The van der Waals surface area contributed by atoms with Gasteiger partial charge in [-0.25, -0.2) is 9.97 Å². The number of aryl methyl sites for hydroxylation is 1. The van der Waals surface area contributed by atoms with Crippen LogP contribution in [0, 0.1) is 6.92 Å². The van der Waals surface area contributed by atoms with Gasteiger partial charge in [-0.1, -0.05) is 53.7 Å². The maximum atomic E-state index is 12.7. The Kier molecular flexibility index (Phi) is 6.48. The van der Waals surface area contributed by atoms with Crippen LogP contribution in [0.1, 0.15) is 12.6 Å². The third-order valence-electron chi connectivity index (χ3n) is 3.98. The topological polar surface area (TPSA) is 46.1 Å². The van der Waals surface area contributed by atoms with E-state index in [4.69, 9.17) is 11.6 Å². The molecule has 0 spiro atoms. The monoisotopic (exact) mass is 397 g/mol. The zero-order chi connectivity index (χ0) is 19.2.